The molecule has 0 radical (unpaired) electrons. The number of halogens is 1. The Kier molecular flexibility index (Phi) is 5.35. The largest absolute Gasteiger partial charge is 0.440 e. The Morgan fingerprint density at radius 2 is 1.90 bits per heavy atom. The van der Waals surface area contributed by atoms with Gasteiger partial charge in [-0.05, 0) is 57.4 Å². The second-order valence-corrected chi connectivity index (χ2v) is 9.16. The molecule has 0 saturated carbocycles. The maximum absolute atomic E-state index is 12.4. The van der Waals surface area contributed by atoms with Gasteiger partial charge in [-0.3, -0.25) is 4.79 Å². The van der Waals surface area contributed by atoms with Crippen molar-refractivity contribution in [3.05, 3.63) is 69.9 Å². The Hall–Kier alpha value is -1.86. The van der Waals surface area contributed by atoms with E-state index in [9.17, 15) is 4.79 Å². The molecule has 3 aromatic rings. The van der Waals surface area contributed by atoms with Gasteiger partial charge in [0.25, 0.3) is 0 Å². The van der Waals surface area contributed by atoms with Crippen molar-refractivity contribution in [1.29, 1.82) is 0 Å². The van der Waals surface area contributed by atoms with Crippen molar-refractivity contribution >= 4 is 39.3 Å². The number of morpholine rings is 1. The molecule has 0 aliphatic carbocycles. The van der Waals surface area contributed by atoms with Gasteiger partial charge in [0.2, 0.25) is 0 Å². The molecule has 7 heteroatoms. The van der Waals surface area contributed by atoms with Crippen LogP contribution in [0, 0.1) is 0 Å². The fraction of sp³-hybridized carbons (Fsp3) is 0.227. The third-order valence-electron chi connectivity index (χ3n) is 5.15. The molecule has 3 heterocycles. The van der Waals surface area contributed by atoms with Gasteiger partial charge < -0.3 is 14.1 Å². The average molecular weight is 444 g/mol. The molecule has 29 heavy (non-hydrogen) atoms. The molecule has 0 bridgehead atoms. The molecule has 0 atom stereocenters. The van der Waals surface area contributed by atoms with E-state index >= 15 is 0 Å². The lowest BCUT2D eigenvalue weighted by Gasteiger charge is -2.27. The van der Waals surface area contributed by atoms with Gasteiger partial charge in [0.15, 0.2) is 11.3 Å². The summed E-state index contributed by atoms with van der Waals surface area (Å²) >= 11 is 1.72. The van der Waals surface area contributed by atoms with Crippen LogP contribution < -0.4 is 10.3 Å². The molecule has 1 saturated heterocycles. The van der Waals surface area contributed by atoms with Crippen molar-refractivity contribution in [3.63, 3.8) is 0 Å². The highest BCUT2D eigenvalue weighted by atomic mass is 35.7. The standard InChI is InChI=1S/C22H18ClNO3S2/c23-29-17-4-5-20-15(11-17)10-14-2-1-3-18(22(14)28-20)19-12-16(25)13-21(27-19)24-6-8-26-9-7-24/h1-5,11-13H,6-10H2. The molecule has 0 amide bonds. The van der Waals surface area contributed by atoms with Crippen LogP contribution in [0.2, 0.25) is 0 Å². The Balaban J connectivity index is 1.55. The molecule has 2 aliphatic rings. The first kappa shape index (κ1) is 19.1. The molecular weight excluding hydrogens is 426 g/mol. The fourth-order valence-electron chi connectivity index (χ4n) is 3.73. The second-order valence-electron chi connectivity index (χ2n) is 7.01. The summed E-state index contributed by atoms with van der Waals surface area (Å²) in [5, 5.41) is 0. The number of anilines is 1. The van der Waals surface area contributed by atoms with Crippen molar-refractivity contribution in [3.8, 4) is 11.3 Å². The predicted molar refractivity (Wildman–Crippen MR) is 119 cm³/mol. The molecule has 2 aliphatic heterocycles. The number of benzene rings is 2. The van der Waals surface area contributed by atoms with Gasteiger partial charge in [0.1, 0.15) is 5.76 Å². The Morgan fingerprint density at radius 3 is 2.72 bits per heavy atom. The van der Waals surface area contributed by atoms with Gasteiger partial charge in [0, 0.05) is 45.5 Å². The Bertz CT molecular complexity index is 1130. The van der Waals surface area contributed by atoms with Crippen molar-refractivity contribution in [2.24, 2.45) is 0 Å². The Morgan fingerprint density at radius 1 is 1.03 bits per heavy atom. The molecule has 1 fully saturated rings. The Labute approximate surface area is 181 Å². The molecular formula is C22H18ClNO3S2. The summed E-state index contributed by atoms with van der Waals surface area (Å²) in [5.41, 5.74) is 3.42. The maximum Gasteiger partial charge on any atom is 0.200 e. The van der Waals surface area contributed by atoms with Crippen molar-refractivity contribution in [1.82, 2.24) is 0 Å². The zero-order valence-electron chi connectivity index (χ0n) is 15.5. The molecule has 1 aromatic heterocycles. The first-order valence-corrected chi connectivity index (χ1v) is 11.9. The smallest absolute Gasteiger partial charge is 0.200 e. The highest BCUT2D eigenvalue weighted by Gasteiger charge is 2.22. The van der Waals surface area contributed by atoms with Gasteiger partial charge in [-0.2, -0.15) is 0 Å². The number of fused-ring (bicyclic) bond motifs is 2. The summed E-state index contributed by atoms with van der Waals surface area (Å²) in [5.74, 6) is 1.22. The van der Waals surface area contributed by atoms with Crippen LogP contribution >= 0.6 is 33.4 Å². The molecule has 0 N–H and O–H groups in total. The van der Waals surface area contributed by atoms with Crippen LogP contribution in [-0.2, 0) is 11.2 Å². The normalized spacial score (nSPS) is 15.7. The van der Waals surface area contributed by atoms with E-state index in [2.05, 4.69) is 23.1 Å². The fourth-order valence-corrected chi connectivity index (χ4v) is 5.49. The minimum Gasteiger partial charge on any atom is -0.440 e. The number of hydrogen-bond acceptors (Lipinski definition) is 6. The molecule has 5 rings (SSSR count). The van der Waals surface area contributed by atoms with E-state index in [1.807, 2.05) is 18.2 Å². The van der Waals surface area contributed by atoms with Crippen molar-refractivity contribution in [2.45, 2.75) is 21.1 Å². The number of hydrogen-bond donors (Lipinski definition) is 0. The molecule has 2 aromatic carbocycles. The van der Waals surface area contributed by atoms with Crippen LogP contribution in [0.4, 0.5) is 5.88 Å². The lowest BCUT2D eigenvalue weighted by molar-refractivity contribution is 0.120. The van der Waals surface area contributed by atoms with Crippen LogP contribution in [0.3, 0.4) is 0 Å². The van der Waals surface area contributed by atoms with E-state index in [1.54, 1.807) is 23.9 Å². The van der Waals surface area contributed by atoms with Gasteiger partial charge in [-0.25, -0.2) is 0 Å². The molecule has 0 unspecified atom stereocenters. The van der Waals surface area contributed by atoms with E-state index in [4.69, 9.17) is 19.8 Å². The number of rotatable bonds is 3. The van der Waals surface area contributed by atoms with Crippen molar-refractivity contribution < 1.29 is 9.15 Å². The third-order valence-corrected chi connectivity index (χ3v) is 7.42. The number of nitrogens with zero attached hydrogens (tertiary/aromatic N) is 1. The van der Waals surface area contributed by atoms with E-state index in [1.165, 1.54) is 27.0 Å². The van der Waals surface area contributed by atoms with E-state index < -0.39 is 0 Å². The maximum atomic E-state index is 12.4. The van der Waals surface area contributed by atoms with Gasteiger partial charge >= 0.3 is 0 Å². The summed E-state index contributed by atoms with van der Waals surface area (Å²) in [6.45, 7) is 2.73. The monoisotopic (exact) mass is 443 g/mol. The molecule has 148 valence electrons. The predicted octanol–water partition coefficient (Wildman–Crippen LogP) is 5.44. The van der Waals surface area contributed by atoms with E-state index in [-0.39, 0.29) is 5.43 Å². The SMILES string of the molecule is O=c1cc(-c2cccc3c2Sc2ccc(SCl)cc2C3)oc(N2CCOCC2)c1. The van der Waals surface area contributed by atoms with Crippen LogP contribution in [-0.4, -0.2) is 26.3 Å². The average Bonchev–Trinajstić information content (AvgIpc) is 2.77. The van der Waals surface area contributed by atoms with Crippen LogP contribution in [0.25, 0.3) is 11.3 Å². The lowest BCUT2D eigenvalue weighted by Crippen LogP contribution is -2.36. The van der Waals surface area contributed by atoms with Gasteiger partial charge in [0.05, 0.1) is 13.2 Å². The van der Waals surface area contributed by atoms with Crippen LogP contribution in [0.15, 0.2) is 72.4 Å². The van der Waals surface area contributed by atoms with Gasteiger partial charge in [-0.15, -0.1) is 0 Å². The zero-order chi connectivity index (χ0) is 19.8. The van der Waals surface area contributed by atoms with Gasteiger partial charge in [-0.1, -0.05) is 30.0 Å². The number of ether oxygens (including phenoxy) is 1. The minimum atomic E-state index is -0.0460. The van der Waals surface area contributed by atoms with E-state index in [0.717, 1.165) is 34.9 Å². The summed E-state index contributed by atoms with van der Waals surface area (Å²) in [6, 6.07) is 15.7. The lowest BCUT2D eigenvalue weighted by atomic mass is 10.0. The van der Waals surface area contributed by atoms with E-state index in [0.29, 0.717) is 24.9 Å². The second kappa shape index (κ2) is 8.11. The first-order valence-electron chi connectivity index (χ1n) is 9.41. The zero-order valence-corrected chi connectivity index (χ0v) is 17.9. The highest BCUT2D eigenvalue weighted by molar-refractivity contribution is 8.21. The highest BCUT2D eigenvalue weighted by Crippen LogP contribution is 2.45. The molecule has 0 spiro atoms. The minimum absolute atomic E-state index is 0.0460. The molecule has 4 nitrogen and oxygen atoms in total. The third kappa shape index (κ3) is 3.82. The topological polar surface area (TPSA) is 42.7 Å². The van der Waals surface area contributed by atoms with Crippen LogP contribution in [0.1, 0.15) is 11.1 Å². The summed E-state index contributed by atoms with van der Waals surface area (Å²) in [7, 11) is 7.16. The van der Waals surface area contributed by atoms with Crippen LogP contribution in [0.5, 0.6) is 0 Å². The first-order chi connectivity index (χ1) is 14.2. The summed E-state index contributed by atoms with van der Waals surface area (Å²) < 4.78 is 11.6. The quantitative estimate of drug-likeness (QED) is 0.419. The van der Waals surface area contributed by atoms with Crippen molar-refractivity contribution in [2.75, 3.05) is 31.2 Å². The summed E-state index contributed by atoms with van der Waals surface area (Å²) in [6.07, 6.45) is 0.837. The summed E-state index contributed by atoms with van der Waals surface area (Å²) in [4.78, 5) is 17.9.